The number of nitrogens with one attached hydrogen (secondary N) is 1. The molecule has 9 nitrogen and oxygen atoms in total. The van der Waals surface area contributed by atoms with Crippen molar-refractivity contribution < 1.29 is 24.1 Å². The van der Waals surface area contributed by atoms with E-state index in [1.54, 1.807) is 6.08 Å². The summed E-state index contributed by atoms with van der Waals surface area (Å²) in [5.74, 6) is -0.0591. The van der Waals surface area contributed by atoms with E-state index < -0.39 is 31.2 Å². The number of hydrogen-bond donors (Lipinski definition) is 3. The van der Waals surface area contributed by atoms with Crippen molar-refractivity contribution in [3.05, 3.63) is 25.3 Å². The topological polar surface area (TPSA) is 122 Å². The molecule has 2 aromatic rings. The monoisotopic (exact) mass is 351 g/mol. The summed E-state index contributed by atoms with van der Waals surface area (Å²) in [5.41, 5.74) is 0.514. The van der Waals surface area contributed by atoms with Crippen molar-refractivity contribution in [2.75, 3.05) is 11.9 Å². The number of ether oxygens (including phenoxy) is 1. The van der Waals surface area contributed by atoms with Crippen molar-refractivity contribution in [2.45, 2.75) is 37.4 Å². The fourth-order valence-corrected chi connectivity index (χ4v) is 2.64. The number of amides is 1. The largest absolute Gasteiger partial charge is 0.394 e. The Morgan fingerprint density at radius 2 is 2.28 bits per heavy atom. The Bertz CT molecular complexity index is 782. The number of halogens is 1. The van der Waals surface area contributed by atoms with E-state index in [1.807, 2.05) is 0 Å². The van der Waals surface area contributed by atoms with Crippen molar-refractivity contribution >= 4 is 22.9 Å². The van der Waals surface area contributed by atoms with Crippen LogP contribution >= 0.6 is 0 Å². The summed E-state index contributed by atoms with van der Waals surface area (Å²) in [6.45, 7) is 3.04. The van der Waals surface area contributed by atoms with Crippen LogP contribution in [0.3, 0.4) is 0 Å². The van der Waals surface area contributed by atoms with Crippen molar-refractivity contribution in [3.8, 4) is 0 Å². The molecule has 0 saturated carbocycles. The van der Waals surface area contributed by atoms with Gasteiger partial charge in [-0.2, -0.15) is 0 Å². The number of aromatic nitrogens is 4. The van der Waals surface area contributed by atoms with E-state index in [1.165, 1.54) is 17.2 Å². The minimum absolute atomic E-state index is 0.200. The van der Waals surface area contributed by atoms with Crippen LogP contribution in [0.4, 0.5) is 10.2 Å². The molecule has 4 atom stereocenters. The normalized spacial score (nSPS) is 26.0. The summed E-state index contributed by atoms with van der Waals surface area (Å²) in [6.07, 6.45) is -0.511. The molecule has 0 spiro atoms. The van der Waals surface area contributed by atoms with Gasteiger partial charge in [0.15, 0.2) is 29.4 Å². The third-order valence-corrected chi connectivity index (χ3v) is 3.94. The Morgan fingerprint density at radius 3 is 2.96 bits per heavy atom. The molecule has 0 unspecified atom stereocenters. The number of hydrogen-bond acceptors (Lipinski definition) is 7. The number of alkyl halides is 1. The molecule has 1 saturated heterocycles. The smallest absolute Gasteiger partial charge is 0.225 e. The van der Waals surface area contributed by atoms with Gasteiger partial charge in [0.05, 0.1) is 12.9 Å². The van der Waals surface area contributed by atoms with Crippen LogP contribution in [-0.4, -0.2) is 60.6 Å². The minimum atomic E-state index is -1.75. The predicted molar refractivity (Wildman–Crippen MR) is 85.3 cm³/mol. The van der Waals surface area contributed by atoms with Gasteiger partial charge in [0.25, 0.3) is 0 Å². The lowest BCUT2D eigenvalue weighted by Crippen LogP contribution is -2.30. The lowest BCUT2D eigenvalue weighted by Gasteiger charge is -2.15. The van der Waals surface area contributed by atoms with Crippen molar-refractivity contribution in [1.29, 1.82) is 0 Å². The number of aliphatic hydroxyl groups is 2. The van der Waals surface area contributed by atoms with Crippen LogP contribution in [0, 0.1) is 0 Å². The van der Waals surface area contributed by atoms with Crippen LogP contribution in [-0.2, 0) is 9.53 Å². The highest BCUT2D eigenvalue weighted by Crippen LogP contribution is 2.34. The highest BCUT2D eigenvalue weighted by atomic mass is 19.1. The van der Waals surface area contributed by atoms with Gasteiger partial charge in [0.2, 0.25) is 5.91 Å². The first-order valence-electron chi connectivity index (χ1n) is 7.73. The predicted octanol–water partition coefficient (Wildman–Crippen LogP) is 0.320. The summed E-state index contributed by atoms with van der Waals surface area (Å²) < 4.78 is 21.0. The lowest BCUT2D eigenvalue weighted by atomic mass is 10.1. The Kier molecular flexibility index (Phi) is 5.02. The van der Waals surface area contributed by atoms with E-state index in [0.717, 1.165) is 0 Å². The third kappa shape index (κ3) is 3.23. The lowest BCUT2D eigenvalue weighted by molar-refractivity contribution is -0.116. The number of allylic oxidation sites excluding steroid dienone is 1. The zero-order chi connectivity index (χ0) is 18.0. The van der Waals surface area contributed by atoms with Crippen LogP contribution < -0.4 is 5.32 Å². The molecule has 0 aromatic carbocycles. The van der Waals surface area contributed by atoms with Gasteiger partial charge in [-0.05, 0) is 6.42 Å². The quantitative estimate of drug-likeness (QED) is 0.641. The summed E-state index contributed by atoms with van der Waals surface area (Å²) >= 11 is 0. The van der Waals surface area contributed by atoms with Gasteiger partial charge in [-0.25, -0.2) is 19.3 Å². The highest BCUT2D eigenvalue weighted by molar-refractivity contribution is 5.96. The molecule has 1 fully saturated rings. The Hall–Kier alpha value is -2.43. The fraction of sp³-hybridized carbons (Fsp3) is 0.467. The minimum Gasteiger partial charge on any atom is -0.394 e. The number of carbonyl (C=O) groups is 1. The first kappa shape index (κ1) is 17.4. The number of nitrogens with zero attached hydrogens (tertiary/aromatic N) is 4. The van der Waals surface area contributed by atoms with Gasteiger partial charge < -0.3 is 20.3 Å². The molecule has 10 heteroatoms. The van der Waals surface area contributed by atoms with Gasteiger partial charge in [-0.1, -0.05) is 6.08 Å². The second kappa shape index (κ2) is 7.21. The summed E-state index contributed by atoms with van der Waals surface area (Å²) in [6, 6.07) is 0. The number of carbonyl (C=O) groups excluding carboxylic acids is 1. The summed E-state index contributed by atoms with van der Waals surface area (Å²) in [4.78, 5) is 24.0. The maximum Gasteiger partial charge on any atom is 0.225 e. The van der Waals surface area contributed by atoms with Gasteiger partial charge >= 0.3 is 0 Å². The number of aliphatic hydroxyl groups excluding tert-OH is 2. The average Bonchev–Trinajstić information content (AvgIpc) is 3.16. The molecule has 1 aliphatic heterocycles. The van der Waals surface area contributed by atoms with Gasteiger partial charge in [0, 0.05) is 6.42 Å². The molecule has 0 radical (unpaired) electrons. The summed E-state index contributed by atoms with van der Waals surface area (Å²) in [5, 5.41) is 21.5. The first-order valence-corrected chi connectivity index (χ1v) is 7.73. The Labute approximate surface area is 142 Å². The standard InChI is InChI=1S/C15H18FN5O4/c1-2-3-4-9(23)20-13-11-14(18-6-17-13)21(7-19-11)15-10(16)12(24)8(5-22)25-15/h2,6-8,10,12,15,22,24H,1,3-5H2,(H,17,18,20,23)/t8-,10-,12-,15-/m1/s1. The van der Waals surface area contributed by atoms with Crippen LogP contribution in [0.2, 0.25) is 0 Å². The highest BCUT2D eigenvalue weighted by Gasteiger charge is 2.45. The molecule has 0 bridgehead atoms. The Morgan fingerprint density at radius 1 is 1.48 bits per heavy atom. The van der Waals surface area contributed by atoms with Crippen LogP contribution in [0.1, 0.15) is 19.1 Å². The average molecular weight is 351 g/mol. The molecule has 3 N–H and O–H groups in total. The van der Waals surface area contributed by atoms with Gasteiger partial charge in [-0.15, -0.1) is 6.58 Å². The molecular formula is C15H18FN5O4. The van der Waals surface area contributed by atoms with Crippen LogP contribution in [0.5, 0.6) is 0 Å². The number of imidazole rings is 1. The number of rotatable bonds is 6. The zero-order valence-corrected chi connectivity index (χ0v) is 13.2. The molecule has 1 aliphatic rings. The Balaban J connectivity index is 1.89. The molecule has 3 heterocycles. The van der Waals surface area contributed by atoms with E-state index in [0.29, 0.717) is 6.42 Å². The number of anilines is 1. The van der Waals surface area contributed by atoms with Crippen LogP contribution in [0.15, 0.2) is 25.3 Å². The molecule has 2 aromatic heterocycles. The first-order chi connectivity index (χ1) is 12.1. The molecule has 0 aliphatic carbocycles. The van der Waals surface area contributed by atoms with Crippen molar-refractivity contribution in [3.63, 3.8) is 0 Å². The van der Waals surface area contributed by atoms with Gasteiger partial charge in [-0.3, -0.25) is 9.36 Å². The molecule has 3 rings (SSSR count). The van der Waals surface area contributed by atoms with Crippen LogP contribution in [0.25, 0.3) is 11.2 Å². The molecule has 134 valence electrons. The zero-order valence-electron chi connectivity index (χ0n) is 13.2. The second-order valence-corrected chi connectivity index (χ2v) is 5.60. The van der Waals surface area contributed by atoms with E-state index >= 15 is 0 Å². The van der Waals surface area contributed by atoms with E-state index in [4.69, 9.17) is 9.84 Å². The third-order valence-electron chi connectivity index (χ3n) is 3.94. The van der Waals surface area contributed by atoms with E-state index in [2.05, 4.69) is 26.8 Å². The van der Waals surface area contributed by atoms with Crippen molar-refractivity contribution in [1.82, 2.24) is 19.5 Å². The fourth-order valence-electron chi connectivity index (χ4n) is 2.64. The second-order valence-electron chi connectivity index (χ2n) is 5.60. The maximum atomic E-state index is 14.3. The summed E-state index contributed by atoms with van der Waals surface area (Å²) in [7, 11) is 0. The van der Waals surface area contributed by atoms with E-state index in [-0.39, 0.29) is 29.3 Å². The number of fused-ring (bicyclic) bond motifs is 1. The van der Waals surface area contributed by atoms with Crippen molar-refractivity contribution in [2.24, 2.45) is 0 Å². The molecule has 25 heavy (non-hydrogen) atoms. The van der Waals surface area contributed by atoms with Gasteiger partial charge in [0.1, 0.15) is 18.5 Å². The van der Waals surface area contributed by atoms with E-state index in [9.17, 15) is 14.3 Å². The SMILES string of the molecule is C=CCCC(=O)Nc1ncnc2c1ncn2[C@@H]1O[C@H](CO)[C@@H](O)[C@H]1F. The molecule has 1 amide bonds. The maximum absolute atomic E-state index is 14.3. The molecular weight excluding hydrogens is 333 g/mol.